The molecule has 2 unspecified atom stereocenters. The molecule has 0 spiro atoms. The van der Waals surface area contributed by atoms with Gasteiger partial charge in [0.25, 0.3) is 0 Å². The fraction of sp³-hybridized carbons (Fsp3) is 0.462. The monoisotopic (exact) mass is 239 g/mol. The van der Waals surface area contributed by atoms with Crippen molar-refractivity contribution in [3.8, 4) is 0 Å². The van der Waals surface area contributed by atoms with Gasteiger partial charge < -0.3 is 10.0 Å². The van der Waals surface area contributed by atoms with E-state index in [1.54, 1.807) is 12.1 Å². The Bertz CT molecular complexity index is 376. The van der Waals surface area contributed by atoms with E-state index >= 15 is 0 Å². The van der Waals surface area contributed by atoms with Crippen LogP contribution in [0.4, 0.5) is 4.39 Å². The van der Waals surface area contributed by atoms with Crippen LogP contribution in [-0.2, 0) is 4.79 Å². The highest BCUT2D eigenvalue weighted by Crippen LogP contribution is 2.29. The summed E-state index contributed by atoms with van der Waals surface area (Å²) in [6.07, 6.45) is 0.537. The molecule has 0 saturated heterocycles. The zero-order chi connectivity index (χ0) is 13.0. The second kappa shape index (κ2) is 5.77. The van der Waals surface area contributed by atoms with Gasteiger partial charge in [0.1, 0.15) is 5.82 Å². The molecular formula is C13H18FNO2. The van der Waals surface area contributed by atoms with Crippen LogP contribution in [0.3, 0.4) is 0 Å². The van der Waals surface area contributed by atoms with Crippen LogP contribution in [0.1, 0.15) is 24.9 Å². The van der Waals surface area contributed by atoms with Crippen molar-refractivity contribution >= 4 is 5.97 Å². The molecule has 1 aromatic rings. The summed E-state index contributed by atoms with van der Waals surface area (Å²) < 4.78 is 12.9. The zero-order valence-corrected chi connectivity index (χ0v) is 10.4. The van der Waals surface area contributed by atoms with Crippen molar-refractivity contribution in [1.29, 1.82) is 0 Å². The van der Waals surface area contributed by atoms with Crippen LogP contribution >= 0.6 is 0 Å². The standard InChI is InChI=1S/C13H18FNO2/c1-4-11(13(16)17)12(15(2)3)9-5-7-10(14)8-6-9/h5-8,11-12H,4H2,1-3H3,(H,16,17). The maximum atomic E-state index is 12.9. The Balaban J connectivity index is 3.08. The molecule has 3 nitrogen and oxygen atoms in total. The number of benzene rings is 1. The molecule has 94 valence electrons. The van der Waals surface area contributed by atoms with Gasteiger partial charge in [-0.25, -0.2) is 4.39 Å². The van der Waals surface area contributed by atoms with Crippen molar-refractivity contribution in [2.75, 3.05) is 14.1 Å². The Labute approximate surface area is 101 Å². The molecule has 0 bridgehead atoms. The van der Waals surface area contributed by atoms with Crippen molar-refractivity contribution in [2.24, 2.45) is 5.92 Å². The Morgan fingerprint density at radius 3 is 2.24 bits per heavy atom. The highest BCUT2D eigenvalue weighted by atomic mass is 19.1. The Morgan fingerprint density at radius 2 is 1.88 bits per heavy atom. The molecule has 0 heterocycles. The lowest BCUT2D eigenvalue weighted by molar-refractivity contribution is -0.144. The predicted molar refractivity (Wildman–Crippen MR) is 64.2 cm³/mol. The van der Waals surface area contributed by atoms with Gasteiger partial charge in [-0.3, -0.25) is 4.79 Å². The van der Waals surface area contributed by atoms with Gasteiger partial charge in [0, 0.05) is 6.04 Å². The van der Waals surface area contributed by atoms with Crippen molar-refractivity contribution in [2.45, 2.75) is 19.4 Å². The molecule has 1 rings (SSSR count). The van der Waals surface area contributed by atoms with Crippen molar-refractivity contribution in [1.82, 2.24) is 4.90 Å². The molecule has 1 aromatic carbocycles. The molecule has 0 aliphatic carbocycles. The molecule has 0 aliphatic rings. The summed E-state index contributed by atoms with van der Waals surface area (Å²) in [6, 6.07) is 5.77. The van der Waals surface area contributed by atoms with E-state index in [4.69, 9.17) is 0 Å². The summed E-state index contributed by atoms with van der Waals surface area (Å²) >= 11 is 0. The van der Waals surface area contributed by atoms with Crippen LogP contribution in [0.25, 0.3) is 0 Å². The molecule has 17 heavy (non-hydrogen) atoms. The number of hydrogen-bond acceptors (Lipinski definition) is 2. The van der Waals surface area contributed by atoms with Crippen LogP contribution in [0, 0.1) is 11.7 Å². The third-order valence-electron chi connectivity index (χ3n) is 2.91. The number of halogens is 1. The summed E-state index contributed by atoms with van der Waals surface area (Å²) in [7, 11) is 3.67. The number of nitrogens with zero attached hydrogens (tertiary/aromatic N) is 1. The molecule has 0 saturated carbocycles. The number of rotatable bonds is 5. The summed E-state index contributed by atoms with van der Waals surface area (Å²) in [6.45, 7) is 1.85. The quantitative estimate of drug-likeness (QED) is 0.858. The highest BCUT2D eigenvalue weighted by molar-refractivity contribution is 5.71. The van der Waals surface area contributed by atoms with Gasteiger partial charge >= 0.3 is 5.97 Å². The van der Waals surface area contributed by atoms with E-state index in [2.05, 4.69) is 0 Å². The number of carbonyl (C=O) groups is 1. The third kappa shape index (κ3) is 3.27. The van der Waals surface area contributed by atoms with E-state index in [1.165, 1.54) is 12.1 Å². The molecule has 4 heteroatoms. The maximum Gasteiger partial charge on any atom is 0.308 e. The summed E-state index contributed by atoms with van der Waals surface area (Å²) in [5, 5.41) is 9.21. The molecule has 1 N–H and O–H groups in total. The molecule has 2 atom stereocenters. The van der Waals surface area contributed by atoms with Crippen molar-refractivity contribution in [3.05, 3.63) is 35.6 Å². The first-order valence-corrected chi connectivity index (χ1v) is 5.62. The normalized spacial score (nSPS) is 14.6. The molecule has 0 fully saturated rings. The molecule has 0 amide bonds. The molecule has 0 aliphatic heterocycles. The SMILES string of the molecule is CCC(C(=O)O)C(c1ccc(F)cc1)N(C)C. The molecule has 0 aromatic heterocycles. The maximum absolute atomic E-state index is 12.9. The second-order valence-electron chi connectivity index (χ2n) is 4.31. The summed E-state index contributed by atoms with van der Waals surface area (Å²) in [4.78, 5) is 13.1. The minimum absolute atomic E-state index is 0.238. The number of carboxylic acids is 1. The van der Waals surface area contributed by atoms with Gasteiger partial charge in [0.05, 0.1) is 5.92 Å². The third-order valence-corrected chi connectivity index (χ3v) is 2.91. The topological polar surface area (TPSA) is 40.5 Å². The predicted octanol–water partition coefficient (Wildman–Crippen LogP) is 2.54. The average molecular weight is 239 g/mol. The van der Waals surface area contributed by atoms with Crippen LogP contribution in [0.5, 0.6) is 0 Å². The fourth-order valence-electron chi connectivity index (χ4n) is 2.08. The van der Waals surface area contributed by atoms with Gasteiger partial charge in [-0.2, -0.15) is 0 Å². The lowest BCUT2D eigenvalue weighted by atomic mass is 9.90. The number of carboxylic acid groups (broad SMARTS) is 1. The number of hydrogen-bond donors (Lipinski definition) is 1. The summed E-state index contributed by atoms with van der Waals surface area (Å²) in [5.74, 6) is -1.62. The zero-order valence-electron chi connectivity index (χ0n) is 10.4. The molecule has 0 radical (unpaired) electrons. The van der Waals surface area contributed by atoms with E-state index in [0.29, 0.717) is 6.42 Å². The Hall–Kier alpha value is -1.42. The first-order chi connectivity index (χ1) is 7.97. The van der Waals surface area contributed by atoms with E-state index in [-0.39, 0.29) is 11.9 Å². The first-order valence-electron chi connectivity index (χ1n) is 5.62. The van der Waals surface area contributed by atoms with Gasteiger partial charge in [0.15, 0.2) is 0 Å². The van der Waals surface area contributed by atoms with E-state index in [9.17, 15) is 14.3 Å². The Morgan fingerprint density at radius 1 is 1.35 bits per heavy atom. The second-order valence-corrected chi connectivity index (χ2v) is 4.31. The van der Waals surface area contributed by atoms with Crippen molar-refractivity contribution in [3.63, 3.8) is 0 Å². The van der Waals surface area contributed by atoms with Gasteiger partial charge in [-0.05, 0) is 38.2 Å². The minimum Gasteiger partial charge on any atom is -0.481 e. The first kappa shape index (κ1) is 13.6. The minimum atomic E-state index is -0.824. The van der Waals surface area contributed by atoms with E-state index in [0.717, 1.165) is 5.56 Å². The Kier molecular flexibility index (Phi) is 4.63. The average Bonchev–Trinajstić information content (AvgIpc) is 2.26. The van der Waals surface area contributed by atoms with Gasteiger partial charge in [-0.1, -0.05) is 19.1 Å². The lowest BCUT2D eigenvalue weighted by Crippen LogP contribution is -2.32. The van der Waals surface area contributed by atoms with Crippen LogP contribution < -0.4 is 0 Å². The largest absolute Gasteiger partial charge is 0.481 e. The molecular weight excluding hydrogens is 221 g/mol. The van der Waals surface area contributed by atoms with Crippen LogP contribution in [0.15, 0.2) is 24.3 Å². The number of aliphatic carboxylic acids is 1. The van der Waals surface area contributed by atoms with E-state index < -0.39 is 11.9 Å². The lowest BCUT2D eigenvalue weighted by Gasteiger charge is -2.29. The smallest absolute Gasteiger partial charge is 0.308 e. The fourth-order valence-corrected chi connectivity index (χ4v) is 2.08. The highest BCUT2D eigenvalue weighted by Gasteiger charge is 2.29. The van der Waals surface area contributed by atoms with Crippen LogP contribution in [0.2, 0.25) is 0 Å². The van der Waals surface area contributed by atoms with Gasteiger partial charge in [-0.15, -0.1) is 0 Å². The van der Waals surface area contributed by atoms with Gasteiger partial charge in [0.2, 0.25) is 0 Å². The van der Waals surface area contributed by atoms with Crippen molar-refractivity contribution < 1.29 is 14.3 Å². The summed E-state index contributed by atoms with van der Waals surface area (Å²) in [5.41, 5.74) is 0.825. The van der Waals surface area contributed by atoms with Crippen LogP contribution in [-0.4, -0.2) is 30.1 Å². The van der Waals surface area contributed by atoms with E-state index in [1.807, 2.05) is 25.9 Å².